The van der Waals surface area contributed by atoms with Crippen LogP contribution in [0, 0.1) is 0 Å². The molecular weight excluding hydrogens is 589 g/mol. The van der Waals surface area contributed by atoms with Crippen LogP contribution in [-0.4, -0.2) is 19.5 Å². The standard InChI is InChI=1S/C43H26N4O/c1-3-13-28(14-4-1)41-44-42(29-15-5-2-6-16-29)46-43(45-41)35-20-11-19-32-33-24-25-37-38(40(33)48-39(32)35)34-18-9-10-21-36(34)47(37)31-23-22-27-12-7-8-17-30(27)26-31/h1-26H. The molecule has 0 saturated heterocycles. The van der Waals surface area contributed by atoms with Gasteiger partial charge in [0, 0.05) is 33.0 Å². The van der Waals surface area contributed by atoms with E-state index >= 15 is 0 Å². The molecule has 0 aliphatic heterocycles. The summed E-state index contributed by atoms with van der Waals surface area (Å²) in [5.74, 6) is 1.81. The van der Waals surface area contributed by atoms with Gasteiger partial charge in [0.25, 0.3) is 0 Å². The predicted molar refractivity (Wildman–Crippen MR) is 195 cm³/mol. The van der Waals surface area contributed by atoms with Gasteiger partial charge in [-0.1, -0.05) is 121 Å². The molecule has 0 atom stereocenters. The van der Waals surface area contributed by atoms with Crippen molar-refractivity contribution in [3.8, 4) is 39.9 Å². The minimum absolute atomic E-state index is 0.571. The molecule has 0 N–H and O–H groups in total. The third kappa shape index (κ3) is 4.08. The van der Waals surface area contributed by atoms with E-state index < -0.39 is 0 Å². The van der Waals surface area contributed by atoms with Gasteiger partial charge in [-0.3, -0.25) is 0 Å². The van der Waals surface area contributed by atoms with E-state index in [1.165, 1.54) is 10.8 Å². The number of benzene rings is 7. The fourth-order valence-corrected chi connectivity index (χ4v) is 7.01. The van der Waals surface area contributed by atoms with Crippen molar-refractivity contribution >= 4 is 54.5 Å². The van der Waals surface area contributed by atoms with Gasteiger partial charge in [0.2, 0.25) is 0 Å². The third-order valence-electron chi connectivity index (χ3n) is 9.23. The van der Waals surface area contributed by atoms with Crippen molar-refractivity contribution in [2.24, 2.45) is 0 Å². The molecule has 0 aliphatic carbocycles. The molecule has 10 rings (SSSR count). The average Bonchev–Trinajstić information content (AvgIpc) is 3.71. The average molecular weight is 615 g/mol. The van der Waals surface area contributed by atoms with Crippen molar-refractivity contribution < 1.29 is 4.42 Å². The quantitative estimate of drug-likeness (QED) is 0.198. The molecule has 224 valence electrons. The lowest BCUT2D eigenvalue weighted by Crippen LogP contribution is -2.00. The molecule has 0 spiro atoms. The van der Waals surface area contributed by atoms with E-state index in [0.717, 1.165) is 66.1 Å². The summed E-state index contributed by atoms with van der Waals surface area (Å²) in [5.41, 5.74) is 7.63. The molecule has 3 aromatic heterocycles. The summed E-state index contributed by atoms with van der Waals surface area (Å²) in [4.78, 5) is 14.9. The Hall–Kier alpha value is -6.59. The summed E-state index contributed by atoms with van der Waals surface area (Å²) >= 11 is 0. The molecule has 48 heavy (non-hydrogen) atoms. The van der Waals surface area contributed by atoms with Crippen LogP contribution in [0.4, 0.5) is 0 Å². The van der Waals surface area contributed by atoms with Crippen molar-refractivity contribution in [3.05, 3.63) is 158 Å². The van der Waals surface area contributed by atoms with E-state index in [2.05, 4.69) is 95.6 Å². The molecule has 0 bridgehead atoms. The fraction of sp³-hybridized carbons (Fsp3) is 0. The van der Waals surface area contributed by atoms with Crippen LogP contribution in [-0.2, 0) is 0 Å². The first kappa shape index (κ1) is 26.6. The number of rotatable bonds is 4. The molecule has 0 fully saturated rings. The topological polar surface area (TPSA) is 56.7 Å². The third-order valence-corrected chi connectivity index (χ3v) is 9.23. The highest BCUT2D eigenvalue weighted by Crippen LogP contribution is 2.43. The van der Waals surface area contributed by atoms with E-state index in [1.807, 2.05) is 66.7 Å². The summed E-state index contributed by atoms with van der Waals surface area (Å²) in [5, 5.41) is 6.74. The number of furan rings is 1. The first-order valence-corrected chi connectivity index (χ1v) is 16.0. The summed E-state index contributed by atoms with van der Waals surface area (Å²) in [6.45, 7) is 0. The largest absolute Gasteiger partial charge is 0.455 e. The second-order valence-electron chi connectivity index (χ2n) is 12.0. The Bertz CT molecular complexity index is 2780. The zero-order valence-corrected chi connectivity index (χ0v) is 25.7. The molecule has 7 aromatic carbocycles. The highest BCUT2D eigenvalue weighted by Gasteiger charge is 2.21. The lowest BCUT2D eigenvalue weighted by Gasteiger charge is -2.09. The molecule has 5 heteroatoms. The second-order valence-corrected chi connectivity index (χ2v) is 12.0. The first-order chi connectivity index (χ1) is 23.8. The molecule has 3 heterocycles. The van der Waals surface area contributed by atoms with Gasteiger partial charge in [0.15, 0.2) is 17.5 Å². The van der Waals surface area contributed by atoms with Crippen LogP contribution in [0.5, 0.6) is 0 Å². The molecule has 0 radical (unpaired) electrons. The summed E-state index contributed by atoms with van der Waals surface area (Å²) in [7, 11) is 0. The number of hydrogen-bond donors (Lipinski definition) is 0. The fourth-order valence-electron chi connectivity index (χ4n) is 7.01. The summed E-state index contributed by atoms with van der Waals surface area (Å²) < 4.78 is 9.30. The first-order valence-electron chi connectivity index (χ1n) is 16.0. The Morgan fingerprint density at radius 1 is 0.417 bits per heavy atom. The Morgan fingerprint density at radius 2 is 1.04 bits per heavy atom. The Morgan fingerprint density at radius 3 is 1.81 bits per heavy atom. The normalized spacial score (nSPS) is 11.8. The number of nitrogens with zero attached hydrogens (tertiary/aromatic N) is 4. The van der Waals surface area contributed by atoms with Crippen LogP contribution in [0.2, 0.25) is 0 Å². The maximum Gasteiger partial charge on any atom is 0.167 e. The SMILES string of the molecule is c1ccc(-c2nc(-c3ccccc3)nc(-c3cccc4c3oc3c4ccc4c3c3ccccc3n4-c3ccc4ccccc4c3)n2)cc1. The lowest BCUT2D eigenvalue weighted by atomic mass is 10.1. The zero-order chi connectivity index (χ0) is 31.6. The van der Waals surface area contributed by atoms with Crippen molar-refractivity contribution in [1.82, 2.24) is 19.5 Å². The van der Waals surface area contributed by atoms with E-state index in [0.29, 0.717) is 17.5 Å². The van der Waals surface area contributed by atoms with Gasteiger partial charge in [0.1, 0.15) is 11.2 Å². The van der Waals surface area contributed by atoms with Gasteiger partial charge < -0.3 is 8.98 Å². The maximum atomic E-state index is 6.96. The van der Waals surface area contributed by atoms with Crippen LogP contribution < -0.4 is 0 Å². The van der Waals surface area contributed by atoms with Gasteiger partial charge in [0.05, 0.1) is 22.0 Å². The predicted octanol–water partition coefficient (Wildman–Crippen LogP) is 11.0. The van der Waals surface area contributed by atoms with E-state index in [1.54, 1.807) is 0 Å². The molecule has 0 amide bonds. The number of para-hydroxylation sites is 2. The number of aromatic nitrogens is 4. The van der Waals surface area contributed by atoms with Gasteiger partial charge in [-0.05, 0) is 47.2 Å². The Kier molecular flexibility index (Phi) is 5.81. The molecular formula is C43H26N4O. The highest BCUT2D eigenvalue weighted by atomic mass is 16.3. The highest BCUT2D eigenvalue weighted by molar-refractivity contribution is 6.24. The molecule has 10 aromatic rings. The zero-order valence-electron chi connectivity index (χ0n) is 25.7. The smallest absolute Gasteiger partial charge is 0.167 e. The maximum absolute atomic E-state index is 6.96. The van der Waals surface area contributed by atoms with Crippen molar-refractivity contribution in [3.63, 3.8) is 0 Å². The van der Waals surface area contributed by atoms with Crippen LogP contribution in [0.15, 0.2) is 162 Å². The van der Waals surface area contributed by atoms with Gasteiger partial charge in [-0.15, -0.1) is 0 Å². The van der Waals surface area contributed by atoms with E-state index in [4.69, 9.17) is 19.4 Å². The van der Waals surface area contributed by atoms with E-state index in [9.17, 15) is 0 Å². The van der Waals surface area contributed by atoms with Gasteiger partial charge in [-0.25, -0.2) is 15.0 Å². The van der Waals surface area contributed by atoms with E-state index in [-0.39, 0.29) is 0 Å². The minimum Gasteiger partial charge on any atom is -0.455 e. The molecule has 5 nitrogen and oxygen atoms in total. The number of fused-ring (bicyclic) bond motifs is 8. The van der Waals surface area contributed by atoms with Crippen molar-refractivity contribution in [2.45, 2.75) is 0 Å². The Balaban J connectivity index is 1.24. The van der Waals surface area contributed by atoms with Crippen LogP contribution in [0.3, 0.4) is 0 Å². The second kappa shape index (κ2) is 10.5. The summed E-state index contributed by atoms with van der Waals surface area (Å²) in [6, 6.07) is 54.4. The summed E-state index contributed by atoms with van der Waals surface area (Å²) in [6.07, 6.45) is 0. The lowest BCUT2D eigenvalue weighted by molar-refractivity contribution is 0.673. The monoisotopic (exact) mass is 614 g/mol. The van der Waals surface area contributed by atoms with Gasteiger partial charge in [-0.2, -0.15) is 0 Å². The van der Waals surface area contributed by atoms with Crippen LogP contribution in [0.1, 0.15) is 0 Å². The van der Waals surface area contributed by atoms with Crippen LogP contribution in [0.25, 0.3) is 94.4 Å². The molecule has 0 saturated carbocycles. The van der Waals surface area contributed by atoms with Crippen molar-refractivity contribution in [2.75, 3.05) is 0 Å². The number of hydrogen-bond acceptors (Lipinski definition) is 4. The van der Waals surface area contributed by atoms with Crippen LogP contribution >= 0.6 is 0 Å². The molecule has 0 aliphatic rings. The molecule has 0 unspecified atom stereocenters. The minimum atomic E-state index is 0.571. The Labute approximate surface area is 275 Å². The van der Waals surface area contributed by atoms with Crippen molar-refractivity contribution in [1.29, 1.82) is 0 Å². The van der Waals surface area contributed by atoms with Gasteiger partial charge >= 0.3 is 0 Å².